The number of esters is 1. The highest BCUT2D eigenvalue weighted by molar-refractivity contribution is 5.86. The number of hydrogen-bond donors (Lipinski definition) is 3. The van der Waals surface area contributed by atoms with Crippen LogP contribution in [0.25, 0.3) is 0 Å². The van der Waals surface area contributed by atoms with Crippen molar-refractivity contribution in [3.05, 3.63) is 97.1 Å². The van der Waals surface area contributed by atoms with Crippen LogP contribution in [0.3, 0.4) is 0 Å². The average Bonchev–Trinajstić information content (AvgIpc) is 2.91. The van der Waals surface area contributed by atoms with Gasteiger partial charge in [-0.2, -0.15) is 0 Å². The maximum Gasteiger partial charge on any atom is 0.305 e. The molecule has 0 radical (unpaired) electrons. The van der Waals surface area contributed by atoms with Gasteiger partial charge in [-0.1, -0.05) is 72.8 Å². The number of aliphatic hydroxyl groups is 1. The molecule has 37 heavy (non-hydrogen) atoms. The van der Waals surface area contributed by atoms with Crippen LogP contribution >= 0.6 is 0 Å². The van der Waals surface area contributed by atoms with Crippen molar-refractivity contribution in [2.24, 2.45) is 5.92 Å². The fourth-order valence-electron chi connectivity index (χ4n) is 3.89. The molecule has 2 aromatic rings. The number of carbonyl (C=O) groups excluding carboxylic acids is 3. The predicted molar refractivity (Wildman–Crippen MR) is 144 cm³/mol. The first-order valence-electron chi connectivity index (χ1n) is 12.6. The highest BCUT2D eigenvalue weighted by Crippen LogP contribution is 2.18. The Morgan fingerprint density at radius 2 is 1.62 bits per heavy atom. The molecule has 0 heterocycles. The zero-order valence-electron chi connectivity index (χ0n) is 21.3. The fourth-order valence-corrected chi connectivity index (χ4v) is 3.89. The van der Waals surface area contributed by atoms with Crippen molar-refractivity contribution in [3.8, 4) is 0 Å². The third kappa shape index (κ3) is 11.3. The summed E-state index contributed by atoms with van der Waals surface area (Å²) in [6.45, 7) is 7.15. The number of rotatable bonds is 17. The van der Waals surface area contributed by atoms with Crippen LogP contribution in [0.5, 0.6) is 0 Å². The third-order valence-corrected chi connectivity index (χ3v) is 5.88. The van der Waals surface area contributed by atoms with Crippen LogP contribution in [0, 0.1) is 5.92 Å². The second-order valence-electron chi connectivity index (χ2n) is 8.90. The zero-order valence-corrected chi connectivity index (χ0v) is 21.3. The number of nitrogens with one attached hydrogen (secondary N) is 2. The lowest BCUT2D eigenvalue weighted by atomic mass is 9.98. The van der Waals surface area contributed by atoms with Crippen LogP contribution in [0.4, 0.5) is 0 Å². The SMILES string of the molecule is C=CCCCC(=O)OC[C@@H](NC(=O)[C@@H](CC=C)CC(=O)N[C@@H](CO)Cc1ccccc1)c1ccccc1. The largest absolute Gasteiger partial charge is 0.463 e. The van der Waals surface area contributed by atoms with Crippen molar-refractivity contribution in [2.75, 3.05) is 13.2 Å². The van der Waals surface area contributed by atoms with Gasteiger partial charge in [-0.15, -0.1) is 13.2 Å². The topological polar surface area (TPSA) is 105 Å². The van der Waals surface area contributed by atoms with Gasteiger partial charge in [-0.25, -0.2) is 0 Å². The van der Waals surface area contributed by atoms with Gasteiger partial charge in [-0.3, -0.25) is 14.4 Å². The molecule has 2 aromatic carbocycles. The van der Waals surface area contributed by atoms with Crippen molar-refractivity contribution in [1.29, 1.82) is 0 Å². The Bertz CT molecular complexity index is 994. The van der Waals surface area contributed by atoms with Gasteiger partial charge in [0, 0.05) is 12.8 Å². The van der Waals surface area contributed by atoms with Crippen LogP contribution in [0.15, 0.2) is 86.0 Å². The summed E-state index contributed by atoms with van der Waals surface area (Å²) < 4.78 is 5.44. The van der Waals surface area contributed by atoms with Crippen molar-refractivity contribution < 1.29 is 24.2 Å². The Kier molecular flexibility index (Phi) is 13.5. The van der Waals surface area contributed by atoms with Gasteiger partial charge in [0.05, 0.1) is 24.6 Å². The molecule has 0 aromatic heterocycles. The maximum absolute atomic E-state index is 13.2. The molecule has 0 fully saturated rings. The van der Waals surface area contributed by atoms with Crippen molar-refractivity contribution in [2.45, 2.75) is 50.6 Å². The van der Waals surface area contributed by atoms with E-state index in [1.807, 2.05) is 60.7 Å². The number of allylic oxidation sites excluding steroid dienone is 2. The van der Waals surface area contributed by atoms with E-state index in [2.05, 4.69) is 23.8 Å². The fraction of sp³-hybridized carbons (Fsp3) is 0.367. The summed E-state index contributed by atoms with van der Waals surface area (Å²) in [5.74, 6) is -1.67. The molecule has 0 aliphatic rings. The van der Waals surface area contributed by atoms with Gasteiger partial charge in [0.2, 0.25) is 11.8 Å². The maximum atomic E-state index is 13.2. The lowest BCUT2D eigenvalue weighted by Crippen LogP contribution is -2.42. The quantitative estimate of drug-likeness (QED) is 0.171. The van der Waals surface area contributed by atoms with Gasteiger partial charge in [-0.05, 0) is 36.8 Å². The summed E-state index contributed by atoms with van der Waals surface area (Å²) in [6.07, 6.45) is 5.72. The van der Waals surface area contributed by atoms with Crippen molar-refractivity contribution >= 4 is 17.8 Å². The summed E-state index contributed by atoms with van der Waals surface area (Å²) >= 11 is 0. The van der Waals surface area contributed by atoms with Crippen molar-refractivity contribution in [3.63, 3.8) is 0 Å². The smallest absolute Gasteiger partial charge is 0.305 e. The molecule has 0 aliphatic heterocycles. The van der Waals surface area contributed by atoms with Crippen LogP contribution in [-0.4, -0.2) is 42.1 Å². The Morgan fingerprint density at radius 3 is 2.24 bits per heavy atom. The third-order valence-electron chi connectivity index (χ3n) is 5.88. The number of benzene rings is 2. The summed E-state index contributed by atoms with van der Waals surface area (Å²) in [5.41, 5.74) is 1.78. The molecule has 3 N–H and O–H groups in total. The van der Waals surface area contributed by atoms with Gasteiger partial charge in [0.1, 0.15) is 6.61 Å². The molecule has 7 heteroatoms. The number of carbonyl (C=O) groups is 3. The molecule has 7 nitrogen and oxygen atoms in total. The lowest BCUT2D eigenvalue weighted by molar-refractivity contribution is -0.145. The first-order chi connectivity index (χ1) is 18.0. The molecule has 0 unspecified atom stereocenters. The molecule has 0 spiro atoms. The molecular formula is C30H38N2O5. The molecule has 0 saturated carbocycles. The van der Waals surface area contributed by atoms with Crippen LogP contribution in [0.2, 0.25) is 0 Å². The summed E-state index contributed by atoms with van der Waals surface area (Å²) in [4.78, 5) is 38.1. The molecule has 0 saturated heterocycles. The minimum atomic E-state index is -0.664. The standard InChI is InChI=1S/C30H38N2O5/c1-3-5-8-18-29(35)37-22-27(24-16-11-7-12-17-24)32-30(36)25(13-4-2)20-28(34)31-26(21-33)19-23-14-9-6-10-15-23/h3-4,6-7,9-12,14-17,25-27,33H,1-2,5,8,13,18-22H2,(H,31,34)(H,32,36)/t25-,26+,27+/m0/s1. The lowest BCUT2D eigenvalue weighted by Gasteiger charge is -2.23. The molecular weight excluding hydrogens is 468 g/mol. The minimum absolute atomic E-state index is 0.0145. The van der Waals surface area contributed by atoms with Gasteiger partial charge in [0.15, 0.2) is 0 Å². The summed E-state index contributed by atoms with van der Waals surface area (Å²) in [7, 11) is 0. The molecule has 0 bridgehead atoms. The van der Waals surface area contributed by atoms with E-state index in [1.54, 1.807) is 12.2 Å². The Labute approximate surface area is 219 Å². The number of aliphatic hydroxyl groups excluding tert-OH is 1. The average molecular weight is 507 g/mol. The van der Waals surface area contributed by atoms with E-state index in [4.69, 9.17) is 4.74 Å². The van der Waals surface area contributed by atoms with E-state index in [0.717, 1.165) is 17.5 Å². The molecule has 3 atom stereocenters. The van der Waals surface area contributed by atoms with Gasteiger partial charge in [0.25, 0.3) is 0 Å². The normalized spacial score (nSPS) is 13.0. The number of hydrogen-bond acceptors (Lipinski definition) is 5. The minimum Gasteiger partial charge on any atom is -0.463 e. The van der Waals surface area contributed by atoms with Crippen LogP contribution in [-0.2, 0) is 25.5 Å². The molecule has 2 rings (SSSR count). The monoisotopic (exact) mass is 506 g/mol. The molecule has 198 valence electrons. The van der Waals surface area contributed by atoms with Crippen molar-refractivity contribution in [1.82, 2.24) is 10.6 Å². The van der Waals surface area contributed by atoms with Gasteiger partial charge >= 0.3 is 5.97 Å². The van der Waals surface area contributed by atoms with E-state index >= 15 is 0 Å². The Morgan fingerprint density at radius 1 is 0.946 bits per heavy atom. The number of unbranched alkanes of at least 4 members (excludes halogenated alkanes) is 1. The van der Waals surface area contributed by atoms with E-state index in [1.165, 1.54) is 0 Å². The highest BCUT2D eigenvalue weighted by atomic mass is 16.5. The van der Waals surface area contributed by atoms with Crippen LogP contribution in [0.1, 0.15) is 49.3 Å². The number of ether oxygens (including phenoxy) is 1. The Balaban J connectivity index is 2.01. The highest BCUT2D eigenvalue weighted by Gasteiger charge is 2.25. The van der Waals surface area contributed by atoms with E-state index in [-0.39, 0.29) is 43.8 Å². The summed E-state index contributed by atoms with van der Waals surface area (Å²) in [6, 6.07) is 17.8. The first-order valence-corrected chi connectivity index (χ1v) is 12.6. The Hall–Kier alpha value is -3.71. The zero-order chi connectivity index (χ0) is 26.9. The molecule has 2 amide bonds. The van der Waals surface area contributed by atoms with E-state index in [9.17, 15) is 19.5 Å². The predicted octanol–water partition coefficient (Wildman–Crippen LogP) is 4.05. The second kappa shape index (κ2) is 16.9. The van der Waals surface area contributed by atoms with E-state index < -0.39 is 18.0 Å². The first kappa shape index (κ1) is 29.5. The molecule has 0 aliphatic carbocycles. The van der Waals surface area contributed by atoms with Gasteiger partial charge < -0.3 is 20.5 Å². The summed E-state index contributed by atoms with van der Waals surface area (Å²) in [5, 5.41) is 15.5. The van der Waals surface area contributed by atoms with E-state index in [0.29, 0.717) is 19.3 Å². The number of amides is 2. The van der Waals surface area contributed by atoms with Crippen LogP contribution < -0.4 is 10.6 Å². The second-order valence-corrected chi connectivity index (χ2v) is 8.90.